The summed E-state index contributed by atoms with van der Waals surface area (Å²) in [6.45, 7) is 8.25. The lowest BCUT2D eigenvalue weighted by atomic mass is 9.80. The molecule has 1 amide bonds. The fraction of sp³-hybridized carbons (Fsp3) is 0.471. The van der Waals surface area contributed by atoms with Gasteiger partial charge < -0.3 is 10.4 Å². The lowest BCUT2D eigenvalue weighted by Crippen LogP contribution is -2.43. The monoisotopic (exact) mass is 316 g/mol. The Morgan fingerprint density at radius 1 is 1.30 bits per heavy atom. The van der Waals surface area contributed by atoms with Crippen molar-refractivity contribution in [1.29, 1.82) is 0 Å². The van der Waals surface area contributed by atoms with Gasteiger partial charge in [-0.15, -0.1) is 0 Å². The molecule has 1 aromatic carbocycles. The summed E-state index contributed by atoms with van der Waals surface area (Å²) < 4.78 is 1.63. The molecule has 2 N–H and O–H groups in total. The molecule has 0 aliphatic rings. The summed E-state index contributed by atoms with van der Waals surface area (Å²) in [4.78, 5) is 16.1. The van der Waals surface area contributed by atoms with Gasteiger partial charge in [0, 0.05) is 17.5 Å². The van der Waals surface area contributed by atoms with E-state index in [1.54, 1.807) is 23.1 Å². The number of rotatable bonds is 6. The van der Waals surface area contributed by atoms with E-state index in [4.69, 9.17) is 0 Å². The second kappa shape index (κ2) is 6.91. The average molecular weight is 316 g/mol. The summed E-state index contributed by atoms with van der Waals surface area (Å²) in [7, 11) is 0. The van der Waals surface area contributed by atoms with Crippen molar-refractivity contribution in [2.45, 2.75) is 33.8 Å². The van der Waals surface area contributed by atoms with Crippen molar-refractivity contribution >= 4 is 5.91 Å². The van der Waals surface area contributed by atoms with E-state index in [0.29, 0.717) is 12.1 Å². The third kappa shape index (κ3) is 4.16. The standard InChI is InChI=1S/C17H24N4O2/c1-12(2)15(22)17(3,4)9-19-16(23)13-5-7-14(8-6-13)21-11-18-10-20-21/h5-8,10-12,15,22H,9H2,1-4H3,(H,19,23). The van der Waals surface area contributed by atoms with Gasteiger partial charge in [-0.25, -0.2) is 9.67 Å². The first-order valence-corrected chi connectivity index (χ1v) is 7.72. The fourth-order valence-electron chi connectivity index (χ4n) is 2.52. The van der Waals surface area contributed by atoms with E-state index in [1.165, 1.54) is 6.33 Å². The van der Waals surface area contributed by atoms with Crippen LogP contribution in [-0.4, -0.2) is 38.4 Å². The lowest BCUT2D eigenvalue weighted by Gasteiger charge is -2.33. The van der Waals surface area contributed by atoms with Gasteiger partial charge in [0.1, 0.15) is 12.7 Å². The van der Waals surface area contributed by atoms with Crippen LogP contribution in [0.3, 0.4) is 0 Å². The predicted molar refractivity (Wildman–Crippen MR) is 88.3 cm³/mol. The van der Waals surface area contributed by atoms with Gasteiger partial charge in [-0.05, 0) is 30.2 Å². The second-order valence-electron chi connectivity index (χ2n) is 6.75. The summed E-state index contributed by atoms with van der Waals surface area (Å²) in [5.41, 5.74) is 1.03. The molecule has 124 valence electrons. The molecule has 0 aliphatic carbocycles. The summed E-state index contributed by atoms with van der Waals surface area (Å²) in [6, 6.07) is 7.13. The van der Waals surface area contributed by atoms with Gasteiger partial charge >= 0.3 is 0 Å². The molecular formula is C17H24N4O2. The van der Waals surface area contributed by atoms with E-state index in [1.807, 2.05) is 39.8 Å². The van der Waals surface area contributed by atoms with Crippen molar-refractivity contribution in [2.75, 3.05) is 6.54 Å². The van der Waals surface area contributed by atoms with Crippen LogP contribution in [0.1, 0.15) is 38.1 Å². The van der Waals surface area contributed by atoms with Gasteiger partial charge in [-0.1, -0.05) is 27.7 Å². The highest BCUT2D eigenvalue weighted by Gasteiger charge is 2.30. The quantitative estimate of drug-likeness (QED) is 0.854. The van der Waals surface area contributed by atoms with Crippen LogP contribution in [-0.2, 0) is 0 Å². The van der Waals surface area contributed by atoms with Gasteiger partial charge in [0.05, 0.1) is 11.8 Å². The Morgan fingerprint density at radius 2 is 1.96 bits per heavy atom. The topological polar surface area (TPSA) is 80.0 Å². The molecule has 0 bridgehead atoms. The molecule has 1 unspecified atom stereocenters. The number of amides is 1. The number of aliphatic hydroxyl groups excluding tert-OH is 1. The Kier molecular flexibility index (Phi) is 5.15. The molecule has 23 heavy (non-hydrogen) atoms. The molecule has 6 heteroatoms. The normalized spacial score (nSPS) is 13.1. The van der Waals surface area contributed by atoms with E-state index in [2.05, 4.69) is 15.4 Å². The zero-order chi connectivity index (χ0) is 17.0. The maximum absolute atomic E-state index is 12.3. The van der Waals surface area contributed by atoms with Crippen LogP contribution in [0, 0.1) is 11.3 Å². The van der Waals surface area contributed by atoms with E-state index >= 15 is 0 Å². The Bertz CT molecular complexity index is 633. The van der Waals surface area contributed by atoms with E-state index < -0.39 is 6.10 Å². The van der Waals surface area contributed by atoms with E-state index in [0.717, 1.165) is 5.69 Å². The Hall–Kier alpha value is -2.21. The molecular weight excluding hydrogens is 292 g/mol. The van der Waals surface area contributed by atoms with Crippen LogP contribution in [0.25, 0.3) is 5.69 Å². The van der Waals surface area contributed by atoms with E-state index in [-0.39, 0.29) is 17.2 Å². The number of hydrogen-bond donors (Lipinski definition) is 2. The lowest BCUT2D eigenvalue weighted by molar-refractivity contribution is 0.0138. The third-order valence-electron chi connectivity index (χ3n) is 3.95. The number of aliphatic hydroxyl groups is 1. The molecule has 0 aliphatic heterocycles. The smallest absolute Gasteiger partial charge is 0.251 e. The highest BCUT2D eigenvalue weighted by molar-refractivity contribution is 5.94. The van der Waals surface area contributed by atoms with Gasteiger partial charge in [0.15, 0.2) is 0 Å². The zero-order valence-corrected chi connectivity index (χ0v) is 14.0. The number of nitrogens with one attached hydrogen (secondary N) is 1. The fourth-order valence-corrected chi connectivity index (χ4v) is 2.52. The van der Waals surface area contributed by atoms with Crippen LogP contribution < -0.4 is 5.32 Å². The molecule has 2 rings (SSSR count). The van der Waals surface area contributed by atoms with Crippen LogP contribution in [0.15, 0.2) is 36.9 Å². The summed E-state index contributed by atoms with van der Waals surface area (Å²) >= 11 is 0. The van der Waals surface area contributed by atoms with Crippen molar-refractivity contribution in [3.8, 4) is 5.69 Å². The Balaban J connectivity index is 1.98. The number of nitrogens with zero attached hydrogens (tertiary/aromatic N) is 3. The van der Waals surface area contributed by atoms with E-state index in [9.17, 15) is 9.90 Å². The SMILES string of the molecule is CC(C)C(O)C(C)(C)CNC(=O)c1ccc(-n2cncn2)cc1. The largest absolute Gasteiger partial charge is 0.392 e. The average Bonchev–Trinajstić information content (AvgIpc) is 3.06. The minimum atomic E-state index is -0.475. The number of carbonyl (C=O) groups is 1. The Labute approximate surface area is 136 Å². The van der Waals surface area contributed by atoms with Crippen LogP contribution in [0.2, 0.25) is 0 Å². The van der Waals surface area contributed by atoms with Gasteiger partial charge in [0.25, 0.3) is 5.91 Å². The summed E-state index contributed by atoms with van der Waals surface area (Å²) in [6.07, 6.45) is 2.59. The minimum Gasteiger partial charge on any atom is -0.392 e. The van der Waals surface area contributed by atoms with Crippen molar-refractivity contribution in [2.24, 2.45) is 11.3 Å². The summed E-state index contributed by atoms with van der Waals surface area (Å²) in [5.74, 6) is -0.0111. The molecule has 6 nitrogen and oxygen atoms in total. The number of carbonyl (C=O) groups excluding carboxylic acids is 1. The maximum Gasteiger partial charge on any atom is 0.251 e. The van der Waals surface area contributed by atoms with Crippen LogP contribution >= 0.6 is 0 Å². The Morgan fingerprint density at radius 3 is 2.48 bits per heavy atom. The first-order chi connectivity index (χ1) is 10.8. The van der Waals surface area contributed by atoms with Crippen LogP contribution in [0.5, 0.6) is 0 Å². The molecule has 0 radical (unpaired) electrons. The number of aromatic nitrogens is 3. The highest BCUT2D eigenvalue weighted by atomic mass is 16.3. The van der Waals surface area contributed by atoms with Crippen LogP contribution in [0.4, 0.5) is 0 Å². The van der Waals surface area contributed by atoms with Crippen molar-refractivity contribution in [1.82, 2.24) is 20.1 Å². The van der Waals surface area contributed by atoms with Crippen molar-refractivity contribution in [3.05, 3.63) is 42.5 Å². The molecule has 1 aromatic heterocycles. The van der Waals surface area contributed by atoms with Crippen molar-refractivity contribution in [3.63, 3.8) is 0 Å². The third-order valence-corrected chi connectivity index (χ3v) is 3.95. The van der Waals surface area contributed by atoms with Crippen molar-refractivity contribution < 1.29 is 9.90 Å². The minimum absolute atomic E-state index is 0.142. The van der Waals surface area contributed by atoms with Gasteiger partial charge in [0.2, 0.25) is 0 Å². The first kappa shape index (κ1) is 17.1. The molecule has 2 aromatic rings. The summed E-state index contributed by atoms with van der Waals surface area (Å²) in [5, 5.41) is 17.2. The predicted octanol–water partition coefficient (Wildman–Crippen LogP) is 2.04. The first-order valence-electron chi connectivity index (χ1n) is 7.72. The van der Waals surface area contributed by atoms with Gasteiger partial charge in [-0.3, -0.25) is 4.79 Å². The number of hydrogen-bond acceptors (Lipinski definition) is 4. The maximum atomic E-state index is 12.3. The molecule has 0 spiro atoms. The molecule has 0 saturated heterocycles. The van der Waals surface area contributed by atoms with Gasteiger partial charge in [-0.2, -0.15) is 5.10 Å². The second-order valence-corrected chi connectivity index (χ2v) is 6.75. The molecule has 0 saturated carbocycles. The highest BCUT2D eigenvalue weighted by Crippen LogP contribution is 2.25. The molecule has 1 atom stereocenters. The zero-order valence-electron chi connectivity index (χ0n) is 14.0. The molecule has 1 heterocycles. The number of benzene rings is 1. The molecule has 0 fully saturated rings.